The summed E-state index contributed by atoms with van der Waals surface area (Å²) in [7, 11) is 0. The van der Waals surface area contributed by atoms with E-state index in [9.17, 15) is 0 Å². The van der Waals surface area contributed by atoms with Gasteiger partial charge in [-0.25, -0.2) is 4.98 Å². The van der Waals surface area contributed by atoms with Crippen molar-refractivity contribution in [3.05, 3.63) is 52.7 Å². The molecule has 0 radical (unpaired) electrons. The molecular weight excluding hydrogens is 262 g/mol. The summed E-state index contributed by atoms with van der Waals surface area (Å²) < 4.78 is 5.85. The standard InChI is InChI=1S/C17H19N3O/c1-11-8-14(17(18)19)10-16(20-11)21-15-7-6-12-4-2-3-5-13(12)9-15/h6-10H,2-5H2,1H3,(H3,18,19). The van der Waals surface area contributed by atoms with Gasteiger partial charge < -0.3 is 10.5 Å². The van der Waals surface area contributed by atoms with E-state index in [4.69, 9.17) is 15.9 Å². The van der Waals surface area contributed by atoms with Crippen LogP contribution >= 0.6 is 0 Å². The number of aromatic nitrogens is 1. The highest BCUT2D eigenvalue weighted by molar-refractivity contribution is 5.95. The fourth-order valence-electron chi connectivity index (χ4n) is 2.74. The van der Waals surface area contributed by atoms with Crippen molar-refractivity contribution in [2.45, 2.75) is 32.6 Å². The minimum Gasteiger partial charge on any atom is -0.439 e. The minimum atomic E-state index is 0.0239. The number of aryl methyl sites for hydroxylation is 3. The molecule has 3 rings (SSSR count). The van der Waals surface area contributed by atoms with Crippen LogP contribution in [0.3, 0.4) is 0 Å². The second-order valence-corrected chi connectivity index (χ2v) is 5.49. The maximum atomic E-state index is 7.53. The van der Waals surface area contributed by atoms with Gasteiger partial charge in [0, 0.05) is 17.3 Å². The quantitative estimate of drug-likeness (QED) is 0.669. The number of nitrogens with one attached hydrogen (secondary N) is 1. The van der Waals surface area contributed by atoms with E-state index < -0.39 is 0 Å². The Labute approximate surface area is 124 Å². The fourth-order valence-corrected chi connectivity index (χ4v) is 2.74. The topological polar surface area (TPSA) is 72.0 Å². The van der Waals surface area contributed by atoms with Crippen molar-refractivity contribution in [3.8, 4) is 11.6 Å². The number of amidine groups is 1. The Morgan fingerprint density at radius 2 is 1.90 bits per heavy atom. The molecule has 0 spiro atoms. The van der Waals surface area contributed by atoms with Crippen LogP contribution in [-0.2, 0) is 12.8 Å². The van der Waals surface area contributed by atoms with Crippen molar-refractivity contribution in [1.29, 1.82) is 5.41 Å². The molecule has 0 bridgehead atoms. The first-order chi connectivity index (χ1) is 10.1. The van der Waals surface area contributed by atoms with Crippen molar-refractivity contribution < 1.29 is 4.74 Å². The van der Waals surface area contributed by atoms with Crippen LogP contribution in [0.2, 0.25) is 0 Å². The number of hydrogen-bond donors (Lipinski definition) is 2. The Morgan fingerprint density at radius 3 is 2.67 bits per heavy atom. The van der Waals surface area contributed by atoms with Crippen LogP contribution in [0, 0.1) is 12.3 Å². The van der Waals surface area contributed by atoms with E-state index >= 15 is 0 Å². The zero-order chi connectivity index (χ0) is 14.8. The lowest BCUT2D eigenvalue weighted by atomic mass is 9.92. The number of hydrogen-bond acceptors (Lipinski definition) is 3. The second-order valence-electron chi connectivity index (χ2n) is 5.49. The fraction of sp³-hybridized carbons (Fsp3) is 0.294. The number of nitrogens with two attached hydrogens (primary N) is 1. The lowest BCUT2D eigenvalue weighted by molar-refractivity contribution is 0.460. The average molecular weight is 281 g/mol. The van der Waals surface area contributed by atoms with Gasteiger partial charge >= 0.3 is 0 Å². The van der Waals surface area contributed by atoms with E-state index in [1.807, 2.05) is 13.0 Å². The van der Waals surface area contributed by atoms with E-state index in [1.54, 1.807) is 12.1 Å². The highest BCUT2D eigenvalue weighted by Crippen LogP contribution is 2.28. The lowest BCUT2D eigenvalue weighted by Gasteiger charge is -2.16. The van der Waals surface area contributed by atoms with Crippen molar-refractivity contribution in [2.75, 3.05) is 0 Å². The molecule has 1 aromatic heterocycles. The first kappa shape index (κ1) is 13.6. The molecule has 1 aromatic carbocycles. The molecular formula is C17H19N3O. The summed E-state index contributed by atoms with van der Waals surface area (Å²) in [4.78, 5) is 4.35. The van der Waals surface area contributed by atoms with Crippen LogP contribution in [0.25, 0.3) is 0 Å². The number of pyridine rings is 1. The zero-order valence-electron chi connectivity index (χ0n) is 12.1. The summed E-state index contributed by atoms with van der Waals surface area (Å²) >= 11 is 0. The van der Waals surface area contributed by atoms with Crippen molar-refractivity contribution in [1.82, 2.24) is 4.98 Å². The van der Waals surface area contributed by atoms with Crippen LogP contribution in [-0.4, -0.2) is 10.8 Å². The molecule has 1 aliphatic carbocycles. The first-order valence-corrected chi connectivity index (χ1v) is 7.24. The van der Waals surface area contributed by atoms with Gasteiger partial charge in [0.1, 0.15) is 11.6 Å². The molecule has 0 saturated heterocycles. The van der Waals surface area contributed by atoms with Gasteiger partial charge in [-0.3, -0.25) is 5.41 Å². The third kappa shape index (κ3) is 3.05. The first-order valence-electron chi connectivity index (χ1n) is 7.24. The van der Waals surface area contributed by atoms with Gasteiger partial charge in [-0.15, -0.1) is 0 Å². The summed E-state index contributed by atoms with van der Waals surface area (Å²) in [5.41, 5.74) is 9.76. The van der Waals surface area contributed by atoms with Crippen LogP contribution in [0.1, 0.15) is 35.2 Å². The van der Waals surface area contributed by atoms with Crippen LogP contribution in [0.4, 0.5) is 0 Å². The zero-order valence-corrected chi connectivity index (χ0v) is 12.1. The lowest BCUT2D eigenvalue weighted by Crippen LogP contribution is -2.11. The largest absolute Gasteiger partial charge is 0.439 e. The maximum Gasteiger partial charge on any atom is 0.220 e. The number of rotatable bonds is 3. The molecule has 108 valence electrons. The van der Waals surface area contributed by atoms with E-state index in [-0.39, 0.29) is 5.84 Å². The Bertz CT molecular complexity index is 694. The highest BCUT2D eigenvalue weighted by atomic mass is 16.5. The Hall–Kier alpha value is -2.36. The molecule has 0 saturated carbocycles. The normalized spacial score (nSPS) is 13.6. The van der Waals surface area contributed by atoms with Crippen molar-refractivity contribution in [2.24, 2.45) is 5.73 Å². The van der Waals surface area contributed by atoms with Gasteiger partial charge in [0.25, 0.3) is 0 Å². The van der Waals surface area contributed by atoms with Gasteiger partial charge in [0.15, 0.2) is 0 Å². The van der Waals surface area contributed by atoms with Crippen molar-refractivity contribution in [3.63, 3.8) is 0 Å². The third-order valence-corrected chi connectivity index (χ3v) is 3.78. The van der Waals surface area contributed by atoms with Crippen molar-refractivity contribution >= 4 is 5.84 Å². The second kappa shape index (κ2) is 5.56. The smallest absolute Gasteiger partial charge is 0.220 e. The van der Waals surface area contributed by atoms with Gasteiger partial charge in [-0.1, -0.05) is 6.07 Å². The number of fused-ring (bicyclic) bond motifs is 1. The summed E-state index contributed by atoms with van der Waals surface area (Å²) in [6, 6.07) is 9.72. The summed E-state index contributed by atoms with van der Waals surface area (Å²) in [5, 5.41) is 7.53. The summed E-state index contributed by atoms with van der Waals surface area (Å²) in [6.07, 6.45) is 4.79. The van der Waals surface area contributed by atoms with E-state index in [0.29, 0.717) is 11.4 Å². The van der Waals surface area contributed by atoms with Crippen LogP contribution in [0.15, 0.2) is 30.3 Å². The minimum absolute atomic E-state index is 0.0239. The molecule has 4 nitrogen and oxygen atoms in total. The number of nitrogen functional groups attached to an aromatic ring is 1. The molecule has 0 fully saturated rings. The van der Waals surface area contributed by atoms with E-state index in [1.165, 1.54) is 24.0 Å². The average Bonchev–Trinajstić information content (AvgIpc) is 2.46. The molecule has 1 aliphatic rings. The van der Waals surface area contributed by atoms with Crippen LogP contribution < -0.4 is 10.5 Å². The monoisotopic (exact) mass is 281 g/mol. The maximum absolute atomic E-state index is 7.53. The predicted molar refractivity (Wildman–Crippen MR) is 83.1 cm³/mol. The highest BCUT2D eigenvalue weighted by Gasteiger charge is 2.11. The molecule has 1 heterocycles. The van der Waals surface area contributed by atoms with E-state index in [0.717, 1.165) is 24.3 Å². The van der Waals surface area contributed by atoms with Gasteiger partial charge in [0.05, 0.1) is 0 Å². The molecule has 4 heteroatoms. The Kier molecular flexibility index (Phi) is 3.60. The molecule has 21 heavy (non-hydrogen) atoms. The molecule has 0 unspecified atom stereocenters. The summed E-state index contributed by atoms with van der Waals surface area (Å²) in [5.74, 6) is 1.30. The van der Waals surface area contributed by atoms with Gasteiger partial charge in [-0.2, -0.15) is 0 Å². The molecule has 0 atom stereocenters. The molecule has 0 amide bonds. The molecule has 3 N–H and O–H groups in total. The Morgan fingerprint density at radius 1 is 1.14 bits per heavy atom. The third-order valence-electron chi connectivity index (χ3n) is 3.78. The van der Waals surface area contributed by atoms with Crippen LogP contribution in [0.5, 0.6) is 11.6 Å². The number of benzene rings is 1. The number of nitrogens with zero attached hydrogens (tertiary/aromatic N) is 1. The van der Waals surface area contributed by atoms with Gasteiger partial charge in [0.2, 0.25) is 5.88 Å². The van der Waals surface area contributed by atoms with E-state index in [2.05, 4.69) is 17.1 Å². The van der Waals surface area contributed by atoms with Gasteiger partial charge in [-0.05, 0) is 61.9 Å². The molecule has 2 aromatic rings. The SMILES string of the molecule is Cc1cc(C(=N)N)cc(Oc2ccc3c(c2)CCCC3)n1. The summed E-state index contributed by atoms with van der Waals surface area (Å²) in [6.45, 7) is 1.87. The Balaban J connectivity index is 1.88. The number of ether oxygens (including phenoxy) is 1. The molecule has 0 aliphatic heterocycles. The predicted octanol–water partition coefficient (Wildman–Crippen LogP) is 3.35.